The molecule has 1 atom stereocenters. The van der Waals surface area contributed by atoms with Crippen molar-refractivity contribution in [3.8, 4) is 5.75 Å². The van der Waals surface area contributed by atoms with Gasteiger partial charge in [0.15, 0.2) is 0 Å². The van der Waals surface area contributed by atoms with Gasteiger partial charge in [0.1, 0.15) is 17.6 Å². The first-order valence-electron chi connectivity index (χ1n) is 3.58. The molecular formula is C9H7ClO2. The monoisotopic (exact) mass is 182 g/mol. The lowest BCUT2D eigenvalue weighted by Crippen LogP contribution is -1.95. The highest BCUT2D eigenvalue weighted by Crippen LogP contribution is 2.38. The van der Waals surface area contributed by atoms with Gasteiger partial charge in [0.25, 0.3) is 0 Å². The van der Waals surface area contributed by atoms with E-state index in [1.54, 1.807) is 6.07 Å². The van der Waals surface area contributed by atoms with Gasteiger partial charge in [0, 0.05) is 11.1 Å². The summed E-state index contributed by atoms with van der Waals surface area (Å²) in [5, 5.41) is 9.56. The lowest BCUT2D eigenvalue weighted by atomic mass is 10.1. The molecule has 1 unspecified atom stereocenters. The second-order valence-corrected chi connectivity index (χ2v) is 2.77. The third-order valence-corrected chi connectivity index (χ3v) is 2.03. The molecule has 2 rings (SSSR count). The third kappa shape index (κ3) is 1.00. The molecule has 1 aliphatic heterocycles. The zero-order valence-corrected chi connectivity index (χ0v) is 6.95. The molecule has 0 saturated heterocycles. The van der Waals surface area contributed by atoms with E-state index < -0.39 is 6.10 Å². The van der Waals surface area contributed by atoms with Crippen LogP contribution in [0.3, 0.4) is 0 Å². The molecule has 0 saturated carbocycles. The standard InChI is InChI=1S/C9H7ClO2/c10-5-8-9(11)6-3-1-2-4-7(6)12-8/h1-5,9,11H/b8-5-. The molecule has 2 nitrogen and oxygen atoms in total. The molecule has 0 radical (unpaired) electrons. The largest absolute Gasteiger partial charge is 0.457 e. The quantitative estimate of drug-likeness (QED) is 0.667. The van der Waals surface area contributed by atoms with E-state index in [4.69, 9.17) is 16.3 Å². The SMILES string of the molecule is OC1/C(=C/Cl)Oc2ccccc21. The Kier molecular flexibility index (Phi) is 1.79. The van der Waals surface area contributed by atoms with Gasteiger partial charge in [0.2, 0.25) is 0 Å². The molecule has 1 aromatic rings. The molecule has 0 spiro atoms. The molecule has 62 valence electrons. The lowest BCUT2D eigenvalue weighted by Gasteiger charge is -1.99. The summed E-state index contributed by atoms with van der Waals surface area (Å²) in [6.45, 7) is 0. The minimum absolute atomic E-state index is 0.387. The van der Waals surface area contributed by atoms with Crippen LogP contribution in [0.1, 0.15) is 11.7 Å². The summed E-state index contributed by atoms with van der Waals surface area (Å²) < 4.78 is 5.25. The Hall–Kier alpha value is -0.990. The lowest BCUT2D eigenvalue weighted by molar-refractivity contribution is 0.191. The molecule has 1 heterocycles. The maximum Gasteiger partial charge on any atom is 0.149 e. The number of halogens is 1. The fourth-order valence-corrected chi connectivity index (χ4v) is 1.38. The van der Waals surface area contributed by atoms with Crippen LogP contribution in [0.4, 0.5) is 0 Å². The topological polar surface area (TPSA) is 29.5 Å². The Balaban J connectivity index is 2.49. The molecule has 0 aliphatic carbocycles. The van der Waals surface area contributed by atoms with Crippen LogP contribution < -0.4 is 4.74 Å². The highest BCUT2D eigenvalue weighted by molar-refractivity contribution is 6.25. The minimum atomic E-state index is -0.710. The molecule has 0 fully saturated rings. The van der Waals surface area contributed by atoms with Crippen LogP contribution in [-0.4, -0.2) is 5.11 Å². The van der Waals surface area contributed by atoms with E-state index in [-0.39, 0.29) is 0 Å². The number of ether oxygens (including phenoxy) is 1. The van der Waals surface area contributed by atoms with Gasteiger partial charge in [0.05, 0.1) is 0 Å². The number of aliphatic hydroxyl groups excluding tert-OH is 1. The van der Waals surface area contributed by atoms with Crippen molar-refractivity contribution < 1.29 is 9.84 Å². The van der Waals surface area contributed by atoms with Gasteiger partial charge in [-0.15, -0.1) is 0 Å². The highest BCUT2D eigenvalue weighted by Gasteiger charge is 2.26. The van der Waals surface area contributed by atoms with Crippen LogP contribution in [0.5, 0.6) is 5.75 Å². The van der Waals surface area contributed by atoms with Crippen molar-refractivity contribution >= 4 is 11.6 Å². The predicted octanol–water partition coefficient (Wildman–Crippen LogP) is 2.19. The first-order valence-corrected chi connectivity index (χ1v) is 4.01. The van der Waals surface area contributed by atoms with Crippen LogP contribution >= 0.6 is 11.6 Å². The van der Waals surface area contributed by atoms with Crippen molar-refractivity contribution in [2.75, 3.05) is 0 Å². The van der Waals surface area contributed by atoms with E-state index in [9.17, 15) is 5.11 Å². The van der Waals surface area contributed by atoms with E-state index in [2.05, 4.69) is 0 Å². The summed E-state index contributed by atoms with van der Waals surface area (Å²) in [7, 11) is 0. The Labute approximate surface area is 75.0 Å². The summed E-state index contributed by atoms with van der Waals surface area (Å²) in [5.41, 5.74) is 2.02. The average Bonchev–Trinajstić information content (AvgIpc) is 2.44. The molecular weight excluding hydrogens is 176 g/mol. The molecule has 0 amide bonds. The van der Waals surface area contributed by atoms with Gasteiger partial charge in [-0.05, 0) is 6.07 Å². The van der Waals surface area contributed by atoms with Gasteiger partial charge in [-0.2, -0.15) is 0 Å². The van der Waals surface area contributed by atoms with Crippen LogP contribution in [0.15, 0.2) is 35.6 Å². The zero-order valence-electron chi connectivity index (χ0n) is 6.20. The van der Waals surface area contributed by atoms with E-state index >= 15 is 0 Å². The molecule has 1 aliphatic rings. The maximum absolute atomic E-state index is 9.56. The first kappa shape index (κ1) is 7.65. The minimum Gasteiger partial charge on any atom is -0.457 e. The average molecular weight is 183 g/mol. The van der Waals surface area contributed by atoms with E-state index in [1.165, 1.54) is 5.54 Å². The van der Waals surface area contributed by atoms with E-state index in [0.717, 1.165) is 5.56 Å². The third-order valence-electron chi connectivity index (χ3n) is 1.82. The summed E-state index contributed by atoms with van der Waals surface area (Å²) in [5.74, 6) is 1.06. The van der Waals surface area contributed by atoms with Crippen molar-refractivity contribution in [3.05, 3.63) is 41.1 Å². The highest BCUT2D eigenvalue weighted by atomic mass is 35.5. The number of hydrogen-bond acceptors (Lipinski definition) is 2. The molecule has 1 N–H and O–H groups in total. The number of rotatable bonds is 0. The fraction of sp³-hybridized carbons (Fsp3) is 0.111. The second kappa shape index (κ2) is 2.81. The second-order valence-electron chi connectivity index (χ2n) is 2.55. The Morgan fingerprint density at radius 2 is 2.17 bits per heavy atom. The molecule has 0 bridgehead atoms. The van der Waals surface area contributed by atoms with E-state index in [0.29, 0.717) is 11.5 Å². The summed E-state index contributed by atoms with van der Waals surface area (Å²) in [4.78, 5) is 0. The van der Waals surface area contributed by atoms with Crippen molar-refractivity contribution in [1.29, 1.82) is 0 Å². The summed E-state index contributed by atoms with van der Waals surface area (Å²) >= 11 is 5.45. The Morgan fingerprint density at radius 3 is 2.83 bits per heavy atom. The predicted molar refractivity (Wildman–Crippen MR) is 46.0 cm³/mol. The number of fused-ring (bicyclic) bond motifs is 1. The van der Waals surface area contributed by atoms with Crippen molar-refractivity contribution in [2.24, 2.45) is 0 Å². The first-order chi connectivity index (χ1) is 5.83. The van der Waals surface area contributed by atoms with Gasteiger partial charge >= 0.3 is 0 Å². The Morgan fingerprint density at radius 1 is 1.42 bits per heavy atom. The molecule has 3 heteroatoms. The molecule has 0 aromatic heterocycles. The fourth-order valence-electron chi connectivity index (χ4n) is 1.22. The van der Waals surface area contributed by atoms with Crippen molar-refractivity contribution in [3.63, 3.8) is 0 Å². The normalized spacial score (nSPS) is 23.8. The van der Waals surface area contributed by atoms with Crippen molar-refractivity contribution in [1.82, 2.24) is 0 Å². The van der Waals surface area contributed by atoms with Gasteiger partial charge in [-0.1, -0.05) is 29.8 Å². The van der Waals surface area contributed by atoms with Crippen molar-refractivity contribution in [2.45, 2.75) is 6.10 Å². The van der Waals surface area contributed by atoms with Crippen LogP contribution in [0, 0.1) is 0 Å². The Bertz CT molecular complexity index is 333. The zero-order chi connectivity index (χ0) is 8.55. The summed E-state index contributed by atoms with van der Waals surface area (Å²) in [6, 6.07) is 7.31. The van der Waals surface area contributed by atoms with Crippen LogP contribution in [0.2, 0.25) is 0 Å². The molecule has 1 aromatic carbocycles. The number of aliphatic hydroxyl groups is 1. The smallest absolute Gasteiger partial charge is 0.149 e. The van der Waals surface area contributed by atoms with Gasteiger partial charge in [-0.25, -0.2) is 0 Å². The molecule has 12 heavy (non-hydrogen) atoms. The summed E-state index contributed by atoms with van der Waals surface area (Å²) in [6.07, 6.45) is -0.710. The van der Waals surface area contributed by atoms with Gasteiger partial charge < -0.3 is 9.84 Å². The van der Waals surface area contributed by atoms with Gasteiger partial charge in [-0.3, -0.25) is 0 Å². The maximum atomic E-state index is 9.56. The van der Waals surface area contributed by atoms with Crippen LogP contribution in [-0.2, 0) is 0 Å². The van der Waals surface area contributed by atoms with E-state index in [1.807, 2.05) is 18.2 Å². The number of benzene rings is 1. The van der Waals surface area contributed by atoms with Crippen LogP contribution in [0.25, 0.3) is 0 Å². The number of hydrogen-bond donors (Lipinski definition) is 1. The number of para-hydroxylation sites is 1.